The lowest BCUT2D eigenvalue weighted by atomic mass is 10.1. The molecule has 0 aliphatic rings. The van der Waals surface area contributed by atoms with Gasteiger partial charge in [0.25, 0.3) is 5.91 Å². The first-order chi connectivity index (χ1) is 12.1. The molecule has 0 saturated carbocycles. The Kier molecular flexibility index (Phi) is 4.61. The third-order valence-corrected chi connectivity index (χ3v) is 3.91. The van der Waals surface area contributed by atoms with Gasteiger partial charge >= 0.3 is 5.97 Å². The van der Waals surface area contributed by atoms with E-state index in [1.807, 2.05) is 30.3 Å². The van der Waals surface area contributed by atoms with Crippen LogP contribution in [0.3, 0.4) is 0 Å². The molecule has 0 radical (unpaired) electrons. The molecular weight excluding hydrogens is 318 g/mol. The number of carbonyl (C=O) groups is 2. The lowest BCUT2D eigenvalue weighted by molar-refractivity contribution is -0.139. The Morgan fingerprint density at radius 2 is 1.64 bits per heavy atom. The lowest BCUT2D eigenvalue weighted by Crippen LogP contribution is -2.34. The Bertz CT molecular complexity index is 889. The van der Waals surface area contributed by atoms with Gasteiger partial charge in [0, 0.05) is 0 Å². The molecule has 25 heavy (non-hydrogen) atoms. The zero-order valence-electron chi connectivity index (χ0n) is 13.6. The number of aliphatic carboxylic acids is 1. The highest BCUT2D eigenvalue weighted by atomic mass is 16.4. The van der Waals surface area contributed by atoms with Crippen molar-refractivity contribution in [1.29, 1.82) is 0 Å². The highest BCUT2D eigenvalue weighted by molar-refractivity contribution is 5.97. The van der Waals surface area contributed by atoms with Gasteiger partial charge in [0.05, 0.1) is 23.1 Å². The van der Waals surface area contributed by atoms with Crippen LogP contribution in [-0.4, -0.2) is 26.8 Å². The number of hydrogen-bond donors (Lipinski definition) is 2. The van der Waals surface area contributed by atoms with E-state index in [4.69, 9.17) is 0 Å². The Hall–Kier alpha value is -3.41. The summed E-state index contributed by atoms with van der Waals surface area (Å²) in [7, 11) is 0. The Labute approximate surface area is 144 Å². The maximum atomic E-state index is 12.6. The minimum Gasteiger partial charge on any atom is -0.479 e. The summed E-state index contributed by atoms with van der Waals surface area (Å²) in [6.07, 6.45) is 1.45. The van der Waals surface area contributed by atoms with E-state index < -0.39 is 17.9 Å². The number of amides is 1. The number of benzene rings is 2. The van der Waals surface area contributed by atoms with Gasteiger partial charge in [-0.3, -0.25) is 4.79 Å². The van der Waals surface area contributed by atoms with Crippen LogP contribution in [0.25, 0.3) is 5.69 Å². The number of nitrogens with one attached hydrogen (secondary N) is 1. The fourth-order valence-corrected chi connectivity index (χ4v) is 2.60. The summed E-state index contributed by atoms with van der Waals surface area (Å²) in [6, 6.07) is 16.9. The summed E-state index contributed by atoms with van der Waals surface area (Å²) in [5, 5.41) is 16.2. The molecule has 1 amide bonds. The molecule has 2 N–H and O–H groups in total. The monoisotopic (exact) mass is 335 g/mol. The molecular formula is C19H17N3O3. The topological polar surface area (TPSA) is 84.2 Å². The summed E-state index contributed by atoms with van der Waals surface area (Å²) < 4.78 is 1.65. The number of carboxylic acid groups (broad SMARTS) is 1. The van der Waals surface area contributed by atoms with Crippen molar-refractivity contribution in [3.8, 4) is 5.69 Å². The Morgan fingerprint density at radius 3 is 2.24 bits per heavy atom. The van der Waals surface area contributed by atoms with Crippen LogP contribution in [0.5, 0.6) is 0 Å². The van der Waals surface area contributed by atoms with Crippen LogP contribution < -0.4 is 5.32 Å². The van der Waals surface area contributed by atoms with Crippen LogP contribution in [0, 0.1) is 6.92 Å². The van der Waals surface area contributed by atoms with Crippen molar-refractivity contribution < 1.29 is 14.7 Å². The molecule has 0 unspecified atom stereocenters. The van der Waals surface area contributed by atoms with Gasteiger partial charge in [-0.25, -0.2) is 9.48 Å². The molecule has 0 saturated heterocycles. The predicted molar refractivity (Wildman–Crippen MR) is 92.6 cm³/mol. The SMILES string of the molecule is Cc1c(C(=O)N[C@H](C(=O)O)c2ccccc2)cnn1-c1ccccc1. The van der Waals surface area contributed by atoms with Crippen LogP contribution in [-0.2, 0) is 4.79 Å². The molecule has 0 aliphatic heterocycles. The van der Waals surface area contributed by atoms with E-state index in [9.17, 15) is 14.7 Å². The van der Waals surface area contributed by atoms with Gasteiger partial charge in [0.15, 0.2) is 6.04 Å². The number of nitrogens with zero attached hydrogens (tertiary/aromatic N) is 2. The molecule has 6 heteroatoms. The molecule has 126 valence electrons. The maximum Gasteiger partial charge on any atom is 0.330 e. The second-order valence-electron chi connectivity index (χ2n) is 5.55. The number of carbonyl (C=O) groups excluding carboxylic acids is 1. The van der Waals surface area contributed by atoms with E-state index >= 15 is 0 Å². The molecule has 6 nitrogen and oxygen atoms in total. The van der Waals surface area contributed by atoms with Gasteiger partial charge < -0.3 is 10.4 Å². The molecule has 1 aromatic heterocycles. The van der Waals surface area contributed by atoms with E-state index in [1.165, 1.54) is 6.20 Å². The molecule has 0 fully saturated rings. The molecule has 0 bridgehead atoms. The number of para-hydroxylation sites is 1. The van der Waals surface area contributed by atoms with Gasteiger partial charge in [0.2, 0.25) is 0 Å². The molecule has 1 heterocycles. The lowest BCUT2D eigenvalue weighted by Gasteiger charge is -2.14. The fraction of sp³-hybridized carbons (Fsp3) is 0.105. The van der Waals surface area contributed by atoms with E-state index in [0.717, 1.165) is 5.69 Å². The Morgan fingerprint density at radius 1 is 1.04 bits per heavy atom. The predicted octanol–water partition coefficient (Wildman–Crippen LogP) is 2.74. The van der Waals surface area contributed by atoms with Crippen LogP contribution in [0.4, 0.5) is 0 Å². The second kappa shape index (κ2) is 7.00. The zero-order valence-corrected chi connectivity index (χ0v) is 13.6. The summed E-state index contributed by atoms with van der Waals surface area (Å²) in [6.45, 7) is 1.77. The van der Waals surface area contributed by atoms with E-state index in [1.54, 1.807) is 41.9 Å². The minimum atomic E-state index is -1.12. The molecule has 3 rings (SSSR count). The number of hydrogen-bond acceptors (Lipinski definition) is 3. The molecule has 2 aromatic carbocycles. The minimum absolute atomic E-state index is 0.339. The summed E-state index contributed by atoms with van der Waals surface area (Å²) in [5.41, 5.74) is 2.32. The standard InChI is InChI=1S/C19H17N3O3/c1-13-16(12-20-22(13)15-10-6-3-7-11-15)18(23)21-17(19(24)25)14-8-4-2-5-9-14/h2-12,17H,1H3,(H,21,23)(H,24,25)/t17-/m0/s1. The highest BCUT2D eigenvalue weighted by Crippen LogP contribution is 2.17. The first kappa shape index (κ1) is 16.4. The van der Waals surface area contributed by atoms with Crippen molar-refractivity contribution in [2.24, 2.45) is 0 Å². The molecule has 0 spiro atoms. The van der Waals surface area contributed by atoms with Crippen molar-refractivity contribution in [1.82, 2.24) is 15.1 Å². The largest absolute Gasteiger partial charge is 0.479 e. The van der Waals surface area contributed by atoms with Gasteiger partial charge in [-0.05, 0) is 24.6 Å². The average Bonchev–Trinajstić information content (AvgIpc) is 3.02. The number of rotatable bonds is 5. The van der Waals surface area contributed by atoms with Crippen molar-refractivity contribution in [3.05, 3.63) is 83.7 Å². The van der Waals surface area contributed by atoms with E-state index in [0.29, 0.717) is 16.8 Å². The van der Waals surface area contributed by atoms with Crippen molar-refractivity contribution in [2.75, 3.05) is 0 Å². The third kappa shape index (κ3) is 3.42. The molecule has 3 aromatic rings. The van der Waals surface area contributed by atoms with Crippen molar-refractivity contribution in [2.45, 2.75) is 13.0 Å². The van der Waals surface area contributed by atoms with E-state index in [2.05, 4.69) is 10.4 Å². The first-order valence-corrected chi connectivity index (χ1v) is 7.76. The van der Waals surface area contributed by atoms with Crippen LogP contribution in [0.15, 0.2) is 66.9 Å². The van der Waals surface area contributed by atoms with Gasteiger partial charge in [-0.2, -0.15) is 5.10 Å². The summed E-state index contributed by atoms with van der Waals surface area (Å²) >= 11 is 0. The van der Waals surface area contributed by atoms with Gasteiger partial charge in [-0.1, -0.05) is 48.5 Å². The van der Waals surface area contributed by atoms with Gasteiger partial charge in [0.1, 0.15) is 0 Å². The Balaban J connectivity index is 1.86. The zero-order chi connectivity index (χ0) is 17.8. The maximum absolute atomic E-state index is 12.6. The molecule has 0 aliphatic carbocycles. The van der Waals surface area contributed by atoms with Crippen molar-refractivity contribution in [3.63, 3.8) is 0 Å². The number of aromatic nitrogens is 2. The van der Waals surface area contributed by atoms with Gasteiger partial charge in [-0.15, -0.1) is 0 Å². The van der Waals surface area contributed by atoms with Crippen LogP contribution in [0.1, 0.15) is 27.7 Å². The summed E-state index contributed by atoms with van der Waals surface area (Å²) in [5.74, 6) is -1.59. The van der Waals surface area contributed by atoms with Crippen LogP contribution >= 0.6 is 0 Å². The van der Waals surface area contributed by atoms with Crippen molar-refractivity contribution >= 4 is 11.9 Å². The smallest absolute Gasteiger partial charge is 0.330 e. The number of carboxylic acids is 1. The summed E-state index contributed by atoms with van der Waals surface area (Å²) in [4.78, 5) is 24.1. The van der Waals surface area contributed by atoms with Crippen LogP contribution in [0.2, 0.25) is 0 Å². The van der Waals surface area contributed by atoms with E-state index in [-0.39, 0.29) is 0 Å². The average molecular weight is 335 g/mol. The fourth-order valence-electron chi connectivity index (χ4n) is 2.60. The second-order valence-corrected chi connectivity index (χ2v) is 5.55. The molecule has 1 atom stereocenters. The first-order valence-electron chi connectivity index (χ1n) is 7.76. The third-order valence-electron chi connectivity index (χ3n) is 3.91. The highest BCUT2D eigenvalue weighted by Gasteiger charge is 2.24. The normalized spacial score (nSPS) is 11.7. The quantitative estimate of drug-likeness (QED) is 0.751.